The fourth-order valence-corrected chi connectivity index (χ4v) is 2.84. The van der Waals surface area contributed by atoms with Gasteiger partial charge in [0.25, 0.3) is 0 Å². The molecule has 7 heteroatoms. The first kappa shape index (κ1) is 18.9. The van der Waals surface area contributed by atoms with E-state index in [9.17, 15) is 14.7 Å². The van der Waals surface area contributed by atoms with Crippen molar-refractivity contribution in [1.82, 2.24) is 4.90 Å². The van der Waals surface area contributed by atoms with Crippen molar-refractivity contribution in [3.63, 3.8) is 0 Å². The molecular weight excluding hydrogens is 322 g/mol. The summed E-state index contributed by atoms with van der Waals surface area (Å²) >= 11 is 0. The lowest BCUT2D eigenvalue weighted by Gasteiger charge is -2.37. The molecule has 0 unspecified atom stereocenters. The average Bonchev–Trinajstić information content (AvgIpc) is 2.53. The molecule has 0 atom stereocenters. The van der Waals surface area contributed by atoms with E-state index in [1.165, 1.54) is 0 Å². The van der Waals surface area contributed by atoms with E-state index in [1.807, 2.05) is 26.8 Å². The number of nitrogens with one attached hydrogen (secondary N) is 1. The molecular formula is C18H27N3O4. The predicted molar refractivity (Wildman–Crippen MR) is 97.7 cm³/mol. The van der Waals surface area contributed by atoms with Gasteiger partial charge in [0.05, 0.1) is 5.56 Å². The van der Waals surface area contributed by atoms with Crippen LogP contribution in [0.25, 0.3) is 0 Å². The monoisotopic (exact) mass is 349 g/mol. The third-order valence-corrected chi connectivity index (χ3v) is 4.19. The first-order chi connectivity index (χ1) is 11.6. The Balaban J connectivity index is 2.11. The third kappa shape index (κ3) is 4.55. The van der Waals surface area contributed by atoms with Crippen LogP contribution in [0.1, 0.15) is 36.7 Å². The minimum absolute atomic E-state index is 0.288. The number of piperazine rings is 1. The highest BCUT2D eigenvalue weighted by Crippen LogP contribution is 2.28. The summed E-state index contributed by atoms with van der Waals surface area (Å²) in [7, 11) is 1.78. The van der Waals surface area contributed by atoms with Crippen LogP contribution in [0.3, 0.4) is 0 Å². The van der Waals surface area contributed by atoms with Gasteiger partial charge in [0.15, 0.2) is 0 Å². The maximum absolute atomic E-state index is 12.1. The van der Waals surface area contributed by atoms with Crippen LogP contribution in [0.2, 0.25) is 0 Å². The molecule has 0 bridgehead atoms. The maximum Gasteiger partial charge on any atom is 0.410 e. The van der Waals surface area contributed by atoms with Gasteiger partial charge < -0.3 is 25.0 Å². The van der Waals surface area contributed by atoms with Gasteiger partial charge in [0, 0.05) is 44.6 Å². The van der Waals surface area contributed by atoms with Gasteiger partial charge in [0.2, 0.25) is 0 Å². The Hall–Kier alpha value is -2.44. The van der Waals surface area contributed by atoms with Crippen molar-refractivity contribution in [1.29, 1.82) is 0 Å². The zero-order valence-electron chi connectivity index (χ0n) is 15.5. The predicted octanol–water partition coefficient (Wildman–Crippen LogP) is 2.79. The van der Waals surface area contributed by atoms with Crippen LogP contribution < -0.4 is 10.2 Å². The standard InChI is InChI=1S/C18H27N3O4/c1-12-14(16(22)23)10-13(11-15(12)19-5)20-6-8-21(9-7-20)17(24)25-18(2,3)4/h10-11,19H,6-9H2,1-5H3,(H,22,23). The van der Waals surface area contributed by atoms with Gasteiger partial charge in [-0.1, -0.05) is 0 Å². The Morgan fingerprint density at radius 1 is 1.16 bits per heavy atom. The van der Waals surface area contributed by atoms with Crippen molar-refractivity contribution < 1.29 is 19.4 Å². The second kappa shape index (κ2) is 7.21. The summed E-state index contributed by atoms with van der Waals surface area (Å²) in [6.45, 7) is 9.68. The summed E-state index contributed by atoms with van der Waals surface area (Å²) in [5.74, 6) is -0.941. The number of rotatable bonds is 3. The van der Waals surface area contributed by atoms with Gasteiger partial charge in [-0.25, -0.2) is 9.59 Å². The number of ether oxygens (including phenoxy) is 1. The van der Waals surface area contributed by atoms with Gasteiger partial charge in [-0.3, -0.25) is 0 Å². The number of hydrogen-bond acceptors (Lipinski definition) is 5. The van der Waals surface area contributed by atoms with E-state index in [-0.39, 0.29) is 11.7 Å². The fourth-order valence-electron chi connectivity index (χ4n) is 2.84. The summed E-state index contributed by atoms with van der Waals surface area (Å²) in [5, 5.41) is 12.5. The van der Waals surface area contributed by atoms with E-state index in [0.29, 0.717) is 31.7 Å². The molecule has 25 heavy (non-hydrogen) atoms. The molecule has 0 saturated carbocycles. The van der Waals surface area contributed by atoms with E-state index < -0.39 is 11.6 Å². The van der Waals surface area contributed by atoms with Crippen molar-refractivity contribution in [3.05, 3.63) is 23.3 Å². The van der Waals surface area contributed by atoms with E-state index in [0.717, 1.165) is 11.4 Å². The fraction of sp³-hybridized carbons (Fsp3) is 0.556. The van der Waals surface area contributed by atoms with Gasteiger partial charge in [0.1, 0.15) is 5.60 Å². The third-order valence-electron chi connectivity index (χ3n) is 4.19. The number of amides is 1. The zero-order valence-corrected chi connectivity index (χ0v) is 15.5. The van der Waals surface area contributed by atoms with Crippen molar-refractivity contribution in [2.45, 2.75) is 33.3 Å². The Morgan fingerprint density at radius 2 is 1.76 bits per heavy atom. The maximum atomic E-state index is 12.1. The topological polar surface area (TPSA) is 82.1 Å². The van der Waals surface area contributed by atoms with Gasteiger partial charge in [-0.2, -0.15) is 0 Å². The molecule has 1 saturated heterocycles. The number of hydrogen-bond donors (Lipinski definition) is 2. The van der Waals surface area contributed by atoms with Crippen molar-refractivity contribution >= 4 is 23.4 Å². The second-order valence-electron chi connectivity index (χ2n) is 7.18. The van der Waals surface area contributed by atoms with E-state index in [2.05, 4.69) is 10.2 Å². The number of benzene rings is 1. The van der Waals surface area contributed by atoms with Gasteiger partial charge >= 0.3 is 12.1 Å². The quantitative estimate of drug-likeness (QED) is 0.873. The minimum atomic E-state index is -0.941. The number of carbonyl (C=O) groups excluding carboxylic acids is 1. The van der Waals surface area contributed by atoms with Crippen LogP contribution in [-0.4, -0.2) is 60.9 Å². The van der Waals surface area contributed by atoms with Crippen LogP contribution in [-0.2, 0) is 4.74 Å². The molecule has 1 fully saturated rings. The number of anilines is 2. The molecule has 0 spiro atoms. The molecule has 1 aromatic rings. The SMILES string of the molecule is CNc1cc(N2CCN(C(=O)OC(C)(C)C)CC2)cc(C(=O)O)c1C. The minimum Gasteiger partial charge on any atom is -0.478 e. The molecule has 1 aromatic carbocycles. The summed E-state index contributed by atoms with van der Waals surface area (Å²) in [4.78, 5) is 27.4. The number of carboxylic acid groups (broad SMARTS) is 1. The molecule has 1 aliphatic heterocycles. The Kier molecular flexibility index (Phi) is 5.45. The molecule has 1 heterocycles. The molecule has 1 aliphatic rings. The largest absolute Gasteiger partial charge is 0.478 e. The van der Waals surface area contributed by atoms with Crippen molar-refractivity contribution in [2.24, 2.45) is 0 Å². The van der Waals surface area contributed by atoms with Crippen LogP contribution in [0.15, 0.2) is 12.1 Å². The lowest BCUT2D eigenvalue weighted by atomic mass is 10.0. The molecule has 0 radical (unpaired) electrons. The van der Waals surface area contributed by atoms with Gasteiger partial charge in [-0.15, -0.1) is 0 Å². The molecule has 0 aromatic heterocycles. The second-order valence-corrected chi connectivity index (χ2v) is 7.18. The normalized spacial score (nSPS) is 15.1. The number of nitrogens with zero attached hydrogens (tertiary/aromatic N) is 2. The highest BCUT2D eigenvalue weighted by molar-refractivity contribution is 5.93. The Bertz CT molecular complexity index is 659. The van der Waals surface area contributed by atoms with Crippen LogP contribution in [0.4, 0.5) is 16.2 Å². The first-order valence-corrected chi connectivity index (χ1v) is 8.41. The van der Waals surface area contributed by atoms with Crippen molar-refractivity contribution in [2.75, 3.05) is 43.4 Å². The summed E-state index contributed by atoms with van der Waals surface area (Å²) in [6.07, 6.45) is -0.307. The highest BCUT2D eigenvalue weighted by atomic mass is 16.6. The summed E-state index contributed by atoms with van der Waals surface area (Å²) in [5.41, 5.74) is 2.13. The molecule has 0 aliphatic carbocycles. The van der Waals surface area contributed by atoms with Crippen LogP contribution in [0, 0.1) is 6.92 Å². The summed E-state index contributed by atoms with van der Waals surface area (Å²) < 4.78 is 5.40. The molecule has 2 rings (SSSR count). The molecule has 7 nitrogen and oxygen atoms in total. The van der Waals surface area contributed by atoms with E-state index >= 15 is 0 Å². The Morgan fingerprint density at radius 3 is 2.24 bits per heavy atom. The number of carbonyl (C=O) groups is 2. The molecule has 2 N–H and O–H groups in total. The first-order valence-electron chi connectivity index (χ1n) is 8.41. The van der Waals surface area contributed by atoms with Crippen LogP contribution >= 0.6 is 0 Å². The summed E-state index contributed by atoms with van der Waals surface area (Å²) in [6, 6.07) is 3.65. The smallest absolute Gasteiger partial charge is 0.410 e. The zero-order chi connectivity index (χ0) is 18.8. The number of carboxylic acids is 1. The van der Waals surface area contributed by atoms with Crippen LogP contribution in [0.5, 0.6) is 0 Å². The average molecular weight is 349 g/mol. The van der Waals surface area contributed by atoms with Gasteiger partial charge in [-0.05, 0) is 45.4 Å². The van der Waals surface area contributed by atoms with E-state index in [4.69, 9.17) is 4.74 Å². The highest BCUT2D eigenvalue weighted by Gasteiger charge is 2.26. The lowest BCUT2D eigenvalue weighted by Crippen LogP contribution is -2.50. The lowest BCUT2D eigenvalue weighted by molar-refractivity contribution is 0.0240. The molecule has 1 amide bonds. The van der Waals surface area contributed by atoms with E-state index in [1.54, 1.807) is 24.9 Å². The molecule has 138 valence electrons. The van der Waals surface area contributed by atoms with Crippen molar-refractivity contribution in [3.8, 4) is 0 Å². The Labute approximate surface area is 148 Å². The number of aromatic carboxylic acids is 1.